The molecule has 0 spiro atoms. The summed E-state index contributed by atoms with van der Waals surface area (Å²) in [4.78, 5) is 0. The first-order chi connectivity index (χ1) is 6.54. The van der Waals surface area contributed by atoms with Crippen LogP contribution < -0.4 is 0 Å². The van der Waals surface area contributed by atoms with Crippen LogP contribution in [0.4, 0.5) is 0 Å². The number of hydrogen-bond acceptors (Lipinski definition) is 2. The predicted octanol–water partition coefficient (Wildman–Crippen LogP) is 2.68. The average molecular weight is 194 g/mol. The molecule has 0 heterocycles. The van der Waals surface area contributed by atoms with E-state index in [0.717, 1.165) is 11.3 Å². The summed E-state index contributed by atoms with van der Waals surface area (Å²) in [6, 6.07) is 0. The topological polar surface area (TPSA) is 18.5 Å². The summed E-state index contributed by atoms with van der Waals surface area (Å²) in [7, 11) is 3.38. The maximum absolute atomic E-state index is 5.41. The molecule has 0 aromatic carbocycles. The second kappa shape index (κ2) is 4.01. The largest absolute Gasteiger partial charge is 0.497 e. The lowest BCUT2D eigenvalue weighted by Crippen LogP contribution is -2.33. The Labute approximate surface area is 85.9 Å². The van der Waals surface area contributed by atoms with E-state index in [1.54, 1.807) is 14.2 Å². The summed E-state index contributed by atoms with van der Waals surface area (Å²) in [6.07, 6.45) is 6.04. The molecule has 0 saturated carbocycles. The van der Waals surface area contributed by atoms with E-state index in [2.05, 4.69) is 19.6 Å². The van der Waals surface area contributed by atoms with Crippen molar-refractivity contribution in [2.24, 2.45) is 5.41 Å². The van der Waals surface area contributed by atoms with E-state index in [-0.39, 0.29) is 11.5 Å². The Kier molecular flexibility index (Phi) is 3.17. The molecule has 2 heteroatoms. The van der Waals surface area contributed by atoms with Crippen LogP contribution in [0.5, 0.6) is 0 Å². The molecule has 0 N–H and O–H groups in total. The number of ether oxygens (including phenoxy) is 2. The molecule has 2 atom stereocenters. The maximum atomic E-state index is 5.41. The predicted molar refractivity (Wildman–Crippen MR) is 58.0 cm³/mol. The van der Waals surface area contributed by atoms with Crippen molar-refractivity contribution in [1.82, 2.24) is 0 Å². The van der Waals surface area contributed by atoms with Gasteiger partial charge in [0.1, 0.15) is 5.76 Å². The fraction of sp³-hybridized carbons (Fsp3) is 0.500. The number of rotatable bonds is 3. The third kappa shape index (κ3) is 1.75. The molecular formula is C12H18O2. The van der Waals surface area contributed by atoms with Gasteiger partial charge in [-0.05, 0) is 26.0 Å². The van der Waals surface area contributed by atoms with Gasteiger partial charge in [0.2, 0.25) is 0 Å². The lowest BCUT2D eigenvalue weighted by atomic mass is 9.75. The van der Waals surface area contributed by atoms with Gasteiger partial charge in [-0.1, -0.05) is 18.2 Å². The first kappa shape index (κ1) is 11.1. The standard InChI is InChI=1S/C12H18O2/c1-9(2)12(3)8-10(13-4)6-7-11(12)14-5/h6-8,11H,1H2,2-5H3. The lowest BCUT2D eigenvalue weighted by Gasteiger charge is -2.35. The van der Waals surface area contributed by atoms with Gasteiger partial charge in [-0.3, -0.25) is 0 Å². The van der Waals surface area contributed by atoms with Crippen molar-refractivity contribution >= 4 is 0 Å². The van der Waals surface area contributed by atoms with Crippen LogP contribution in [0.25, 0.3) is 0 Å². The fourth-order valence-corrected chi connectivity index (χ4v) is 1.62. The second-order valence-corrected chi connectivity index (χ2v) is 3.83. The zero-order valence-electron chi connectivity index (χ0n) is 9.33. The molecule has 0 saturated heterocycles. The molecule has 2 unspecified atom stereocenters. The highest BCUT2D eigenvalue weighted by Crippen LogP contribution is 2.37. The molecule has 0 aliphatic heterocycles. The molecule has 0 aromatic heterocycles. The molecule has 0 radical (unpaired) electrons. The molecule has 1 rings (SSSR count). The molecular weight excluding hydrogens is 176 g/mol. The minimum absolute atomic E-state index is 0.0406. The molecule has 14 heavy (non-hydrogen) atoms. The highest BCUT2D eigenvalue weighted by atomic mass is 16.5. The molecule has 0 bridgehead atoms. The smallest absolute Gasteiger partial charge is 0.115 e. The lowest BCUT2D eigenvalue weighted by molar-refractivity contribution is 0.0722. The Hall–Kier alpha value is -1.02. The number of hydrogen-bond donors (Lipinski definition) is 0. The summed E-state index contributed by atoms with van der Waals surface area (Å²) < 4.78 is 10.6. The van der Waals surface area contributed by atoms with Crippen LogP contribution in [0, 0.1) is 5.41 Å². The molecule has 0 amide bonds. The molecule has 78 valence electrons. The third-order valence-corrected chi connectivity index (χ3v) is 2.88. The van der Waals surface area contributed by atoms with Crippen molar-refractivity contribution in [3.05, 3.63) is 36.1 Å². The van der Waals surface area contributed by atoms with Gasteiger partial charge in [0.05, 0.1) is 13.2 Å². The number of methoxy groups -OCH3 is 2. The third-order valence-electron chi connectivity index (χ3n) is 2.88. The molecule has 0 fully saturated rings. The Balaban J connectivity index is 3.05. The van der Waals surface area contributed by atoms with Crippen molar-refractivity contribution < 1.29 is 9.47 Å². The molecule has 0 aromatic rings. The molecule has 2 nitrogen and oxygen atoms in total. The summed E-state index contributed by atoms with van der Waals surface area (Å²) in [5, 5.41) is 0. The Morgan fingerprint density at radius 2 is 2.14 bits per heavy atom. The van der Waals surface area contributed by atoms with Gasteiger partial charge in [0.25, 0.3) is 0 Å². The number of allylic oxidation sites excluding steroid dienone is 1. The van der Waals surface area contributed by atoms with Gasteiger partial charge in [0.15, 0.2) is 0 Å². The van der Waals surface area contributed by atoms with E-state index in [9.17, 15) is 0 Å². The monoisotopic (exact) mass is 194 g/mol. The normalized spacial score (nSPS) is 31.1. The highest BCUT2D eigenvalue weighted by molar-refractivity contribution is 5.32. The summed E-state index contributed by atoms with van der Waals surface area (Å²) in [5.74, 6) is 0.865. The minimum atomic E-state index is -0.172. The quantitative estimate of drug-likeness (QED) is 0.643. The van der Waals surface area contributed by atoms with Crippen LogP contribution in [0.3, 0.4) is 0 Å². The van der Waals surface area contributed by atoms with E-state index >= 15 is 0 Å². The Morgan fingerprint density at radius 3 is 2.57 bits per heavy atom. The Bertz CT molecular complexity index is 289. The first-order valence-corrected chi connectivity index (χ1v) is 4.68. The minimum Gasteiger partial charge on any atom is -0.497 e. The van der Waals surface area contributed by atoms with Crippen LogP contribution in [-0.2, 0) is 9.47 Å². The zero-order chi connectivity index (χ0) is 10.8. The highest BCUT2D eigenvalue weighted by Gasteiger charge is 2.34. The summed E-state index contributed by atoms with van der Waals surface area (Å²) in [6.45, 7) is 8.12. The van der Waals surface area contributed by atoms with Crippen LogP contribution >= 0.6 is 0 Å². The van der Waals surface area contributed by atoms with Gasteiger partial charge in [-0.2, -0.15) is 0 Å². The van der Waals surface area contributed by atoms with E-state index in [4.69, 9.17) is 9.47 Å². The van der Waals surface area contributed by atoms with E-state index in [1.165, 1.54) is 0 Å². The average Bonchev–Trinajstić information content (AvgIpc) is 2.17. The van der Waals surface area contributed by atoms with Gasteiger partial charge in [0, 0.05) is 12.5 Å². The fourth-order valence-electron chi connectivity index (χ4n) is 1.62. The van der Waals surface area contributed by atoms with Crippen LogP contribution in [0.15, 0.2) is 36.1 Å². The van der Waals surface area contributed by atoms with Crippen molar-refractivity contribution in [2.75, 3.05) is 14.2 Å². The second-order valence-electron chi connectivity index (χ2n) is 3.83. The van der Waals surface area contributed by atoms with Crippen LogP contribution in [-0.4, -0.2) is 20.3 Å². The zero-order valence-corrected chi connectivity index (χ0v) is 9.33. The summed E-state index contributed by atoms with van der Waals surface area (Å²) >= 11 is 0. The molecule has 1 aliphatic rings. The summed E-state index contributed by atoms with van der Waals surface area (Å²) in [5.41, 5.74) is 0.901. The van der Waals surface area contributed by atoms with Crippen molar-refractivity contribution in [3.8, 4) is 0 Å². The van der Waals surface area contributed by atoms with Crippen LogP contribution in [0.1, 0.15) is 13.8 Å². The van der Waals surface area contributed by atoms with E-state index < -0.39 is 0 Å². The van der Waals surface area contributed by atoms with Crippen molar-refractivity contribution in [3.63, 3.8) is 0 Å². The Morgan fingerprint density at radius 1 is 1.50 bits per heavy atom. The van der Waals surface area contributed by atoms with E-state index in [0.29, 0.717) is 0 Å². The van der Waals surface area contributed by atoms with Gasteiger partial charge < -0.3 is 9.47 Å². The first-order valence-electron chi connectivity index (χ1n) is 4.68. The molecule has 1 aliphatic carbocycles. The van der Waals surface area contributed by atoms with Crippen LogP contribution in [0.2, 0.25) is 0 Å². The van der Waals surface area contributed by atoms with Crippen molar-refractivity contribution in [2.45, 2.75) is 20.0 Å². The van der Waals surface area contributed by atoms with Gasteiger partial charge in [-0.15, -0.1) is 0 Å². The van der Waals surface area contributed by atoms with Crippen molar-refractivity contribution in [1.29, 1.82) is 0 Å². The maximum Gasteiger partial charge on any atom is 0.115 e. The van der Waals surface area contributed by atoms with E-state index in [1.807, 2.05) is 19.1 Å². The van der Waals surface area contributed by atoms with Gasteiger partial charge in [-0.25, -0.2) is 0 Å². The SMILES string of the molecule is C=C(C)C1(C)C=C(OC)C=CC1OC. The van der Waals surface area contributed by atoms with Gasteiger partial charge >= 0.3 is 0 Å².